The van der Waals surface area contributed by atoms with E-state index in [1.807, 2.05) is 0 Å². The summed E-state index contributed by atoms with van der Waals surface area (Å²) in [4.78, 5) is 55.4. The summed E-state index contributed by atoms with van der Waals surface area (Å²) in [7, 11) is 0. The van der Waals surface area contributed by atoms with Crippen LogP contribution in [0.5, 0.6) is 0 Å². The number of hydrogen-bond donors (Lipinski definition) is 1. The van der Waals surface area contributed by atoms with Gasteiger partial charge in [-0.05, 0) is 42.7 Å². The fourth-order valence-electron chi connectivity index (χ4n) is 4.31. The minimum atomic E-state index is -0.640. The average Bonchev–Trinajstić information content (AvgIpc) is 3.67. The van der Waals surface area contributed by atoms with Crippen molar-refractivity contribution >= 4 is 22.7 Å². The Labute approximate surface area is 188 Å². The summed E-state index contributed by atoms with van der Waals surface area (Å²) in [5, 5.41) is 0.370. The van der Waals surface area contributed by atoms with Crippen LogP contribution >= 0.6 is 0 Å². The zero-order valence-electron chi connectivity index (χ0n) is 17.9. The standard InChI is InChI=1S/C24H23FN4O4/c25-19-8-5-15(14-29-20-4-2-1-3-17(20)21(30)26-24(29)33)13-18(19)23(32)28-11-9-27(10-12-28)22(31)16-6-7-16/h1-5,8,13,16H,6-7,9-12,14H2,(H,26,30,33). The van der Waals surface area contributed by atoms with Crippen molar-refractivity contribution in [2.75, 3.05) is 26.2 Å². The Hall–Kier alpha value is -3.75. The van der Waals surface area contributed by atoms with E-state index in [4.69, 9.17) is 0 Å². The van der Waals surface area contributed by atoms with Crippen molar-refractivity contribution < 1.29 is 14.0 Å². The maximum Gasteiger partial charge on any atom is 0.329 e. The number of hydrogen-bond acceptors (Lipinski definition) is 4. The minimum Gasteiger partial charge on any atom is -0.339 e. The summed E-state index contributed by atoms with van der Waals surface area (Å²) in [6, 6.07) is 10.9. The van der Waals surface area contributed by atoms with Crippen LogP contribution in [0.1, 0.15) is 28.8 Å². The van der Waals surface area contributed by atoms with Crippen LogP contribution in [0.2, 0.25) is 0 Å². The van der Waals surface area contributed by atoms with Crippen LogP contribution in [-0.4, -0.2) is 57.3 Å². The van der Waals surface area contributed by atoms with Crippen LogP contribution in [0.4, 0.5) is 4.39 Å². The molecule has 2 heterocycles. The summed E-state index contributed by atoms with van der Waals surface area (Å²) in [6.07, 6.45) is 1.87. The number of nitrogens with zero attached hydrogens (tertiary/aromatic N) is 3. The molecule has 8 nitrogen and oxygen atoms in total. The van der Waals surface area contributed by atoms with Crippen molar-refractivity contribution in [3.63, 3.8) is 0 Å². The van der Waals surface area contributed by atoms with Crippen molar-refractivity contribution in [1.29, 1.82) is 0 Å². The summed E-state index contributed by atoms with van der Waals surface area (Å²) >= 11 is 0. The molecule has 0 bridgehead atoms. The molecule has 33 heavy (non-hydrogen) atoms. The van der Waals surface area contributed by atoms with Gasteiger partial charge in [0.25, 0.3) is 11.5 Å². The smallest absolute Gasteiger partial charge is 0.329 e. The fraction of sp³-hybridized carbons (Fsp3) is 0.333. The zero-order valence-corrected chi connectivity index (χ0v) is 17.9. The number of benzene rings is 2. The molecular weight excluding hydrogens is 427 g/mol. The highest BCUT2D eigenvalue weighted by Gasteiger charge is 2.35. The zero-order chi connectivity index (χ0) is 23.1. The normalized spacial score (nSPS) is 16.3. The number of carbonyl (C=O) groups is 2. The Kier molecular flexibility index (Phi) is 5.32. The van der Waals surface area contributed by atoms with E-state index in [1.165, 1.54) is 22.8 Å². The van der Waals surface area contributed by atoms with Crippen LogP contribution in [0, 0.1) is 11.7 Å². The number of aromatic amines is 1. The number of piperazine rings is 1. The third kappa shape index (κ3) is 4.06. The quantitative estimate of drug-likeness (QED) is 0.653. The second kappa shape index (κ2) is 8.31. The van der Waals surface area contributed by atoms with E-state index < -0.39 is 23.0 Å². The average molecular weight is 450 g/mol. The maximum atomic E-state index is 14.6. The lowest BCUT2D eigenvalue weighted by molar-refractivity contribution is -0.134. The van der Waals surface area contributed by atoms with Crippen LogP contribution in [0.15, 0.2) is 52.1 Å². The largest absolute Gasteiger partial charge is 0.339 e. The van der Waals surface area contributed by atoms with Gasteiger partial charge < -0.3 is 9.80 Å². The molecule has 1 saturated carbocycles. The molecule has 5 rings (SSSR count). The number of amides is 2. The first kappa shape index (κ1) is 21.1. The lowest BCUT2D eigenvalue weighted by atomic mass is 10.1. The number of aromatic nitrogens is 2. The molecule has 1 aromatic heterocycles. The second-order valence-corrected chi connectivity index (χ2v) is 8.57. The highest BCUT2D eigenvalue weighted by molar-refractivity contribution is 5.95. The SMILES string of the molecule is O=C(c1cc(Cn2c(=O)[nH]c(=O)c3ccccc32)ccc1F)N1CCN(C(=O)C2CC2)CC1. The number of nitrogens with one attached hydrogen (secondary N) is 1. The van der Waals surface area contributed by atoms with E-state index in [-0.39, 0.29) is 23.9 Å². The molecule has 0 unspecified atom stereocenters. The van der Waals surface area contributed by atoms with E-state index in [9.17, 15) is 23.6 Å². The Balaban J connectivity index is 1.38. The van der Waals surface area contributed by atoms with Gasteiger partial charge in [-0.2, -0.15) is 0 Å². The predicted molar refractivity (Wildman–Crippen MR) is 120 cm³/mol. The molecule has 0 spiro atoms. The van der Waals surface area contributed by atoms with Crippen LogP contribution < -0.4 is 11.2 Å². The van der Waals surface area contributed by atoms with E-state index in [0.717, 1.165) is 12.8 Å². The fourth-order valence-corrected chi connectivity index (χ4v) is 4.31. The van der Waals surface area contributed by atoms with E-state index >= 15 is 0 Å². The van der Waals surface area contributed by atoms with Crippen molar-refractivity contribution in [3.05, 3.63) is 80.2 Å². The van der Waals surface area contributed by atoms with Gasteiger partial charge in [0.15, 0.2) is 0 Å². The van der Waals surface area contributed by atoms with Gasteiger partial charge in [0.1, 0.15) is 5.82 Å². The molecule has 3 aromatic rings. The predicted octanol–water partition coefficient (Wildman–Crippen LogP) is 1.57. The topological polar surface area (TPSA) is 95.5 Å². The molecule has 2 aliphatic rings. The molecule has 1 N–H and O–H groups in total. The molecule has 170 valence electrons. The van der Waals surface area contributed by atoms with Gasteiger partial charge in [-0.25, -0.2) is 9.18 Å². The summed E-state index contributed by atoms with van der Waals surface area (Å²) < 4.78 is 16.0. The molecule has 1 aliphatic carbocycles. The molecular formula is C24H23FN4O4. The number of halogens is 1. The molecule has 2 aromatic carbocycles. The van der Waals surface area contributed by atoms with Gasteiger partial charge in [-0.3, -0.25) is 23.9 Å². The third-order valence-electron chi connectivity index (χ3n) is 6.31. The van der Waals surface area contributed by atoms with Crippen molar-refractivity contribution in [3.8, 4) is 0 Å². The van der Waals surface area contributed by atoms with Crippen LogP contribution in [-0.2, 0) is 11.3 Å². The number of carbonyl (C=O) groups excluding carboxylic acids is 2. The lowest BCUT2D eigenvalue weighted by Crippen LogP contribution is -2.51. The number of para-hydroxylation sites is 1. The molecule has 0 radical (unpaired) electrons. The van der Waals surface area contributed by atoms with Gasteiger partial charge in [-0.15, -0.1) is 0 Å². The van der Waals surface area contributed by atoms with Gasteiger partial charge in [0.05, 0.1) is 23.0 Å². The molecule has 9 heteroatoms. The summed E-state index contributed by atoms with van der Waals surface area (Å²) in [6.45, 7) is 1.67. The minimum absolute atomic E-state index is 0.0698. The number of rotatable bonds is 4. The Morgan fingerprint density at radius 3 is 2.39 bits per heavy atom. The van der Waals surface area contributed by atoms with Crippen LogP contribution in [0.3, 0.4) is 0 Å². The van der Waals surface area contributed by atoms with Gasteiger partial charge >= 0.3 is 5.69 Å². The second-order valence-electron chi connectivity index (χ2n) is 8.57. The highest BCUT2D eigenvalue weighted by atomic mass is 19.1. The van der Waals surface area contributed by atoms with Crippen LogP contribution in [0.25, 0.3) is 10.9 Å². The first-order valence-electron chi connectivity index (χ1n) is 11.0. The first-order chi connectivity index (χ1) is 15.9. The summed E-state index contributed by atoms with van der Waals surface area (Å²) in [5.74, 6) is -0.798. The van der Waals surface area contributed by atoms with E-state index in [1.54, 1.807) is 34.1 Å². The highest BCUT2D eigenvalue weighted by Crippen LogP contribution is 2.31. The molecule has 2 fully saturated rings. The Bertz CT molecular complexity index is 1370. The first-order valence-corrected chi connectivity index (χ1v) is 11.0. The van der Waals surface area contributed by atoms with E-state index in [2.05, 4.69) is 4.98 Å². The molecule has 2 amide bonds. The van der Waals surface area contributed by atoms with Gasteiger partial charge in [0, 0.05) is 32.1 Å². The van der Waals surface area contributed by atoms with E-state index in [0.29, 0.717) is 42.6 Å². The Morgan fingerprint density at radius 1 is 0.970 bits per heavy atom. The number of H-pyrrole nitrogens is 1. The monoisotopic (exact) mass is 450 g/mol. The lowest BCUT2D eigenvalue weighted by Gasteiger charge is -2.35. The molecule has 1 saturated heterocycles. The molecule has 1 aliphatic heterocycles. The molecule has 0 atom stereocenters. The summed E-state index contributed by atoms with van der Waals surface area (Å²) in [5.41, 5.74) is -0.105. The van der Waals surface area contributed by atoms with Crippen molar-refractivity contribution in [1.82, 2.24) is 19.4 Å². The van der Waals surface area contributed by atoms with Gasteiger partial charge in [-0.1, -0.05) is 18.2 Å². The van der Waals surface area contributed by atoms with Crippen molar-refractivity contribution in [2.24, 2.45) is 5.92 Å². The number of fused-ring (bicyclic) bond motifs is 1. The Morgan fingerprint density at radius 2 is 1.67 bits per heavy atom. The van der Waals surface area contributed by atoms with Crippen molar-refractivity contribution in [2.45, 2.75) is 19.4 Å². The third-order valence-corrected chi connectivity index (χ3v) is 6.31. The van der Waals surface area contributed by atoms with Gasteiger partial charge in [0.2, 0.25) is 5.91 Å². The maximum absolute atomic E-state index is 14.6.